The lowest BCUT2D eigenvalue weighted by Gasteiger charge is -2.17. The van der Waals surface area contributed by atoms with Crippen molar-refractivity contribution in [2.45, 2.75) is 17.1 Å². The highest BCUT2D eigenvalue weighted by molar-refractivity contribution is 7.86. The van der Waals surface area contributed by atoms with Crippen molar-refractivity contribution in [1.82, 2.24) is 4.90 Å². The fourth-order valence-electron chi connectivity index (χ4n) is 1.46. The molecule has 0 fully saturated rings. The number of nitrogens with two attached hydrogens (primary N) is 1. The monoisotopic (exact) mass is 270 g/mol. The van der Waals surface area contributed by atoms with Gasteiger partial charge in [0.1, 0.15) is 11.0 Å². The van der Waals surface area contributed by atoms with Crippen molar-refractivity contribution in [3.05, 3.63) is 18.2 Å². The Bertz CT molecular complexity index is 474. The van der Waals surface area contributed by atoms with Gasteiger partial charge in [-0.15, -0.1) is 0 Å². The van der Waals surface area contributed by atoms with Crippen LogP contribution in [-0.2, 0) is 15.6 Å². The van der Waals surface area contributed by atoms with Crippen LogP contribution in [0.4, 0.5) is 5.69 Å². The maximum atomic E-state index is 12.3. The molecule has 2 N–H and O–H groups in total. The Labute approximate surface area is 109 Å². The molecule has 0 saturated carbocycles. The second kappa shape index (κ2) is 5.86. The smallest absolute Gasteiger partial charge is 0.237 e. The van der Waals surface area contributed by atoms with E-state index >= 15 is 0 Å². The number of benzene rings is 1. The van der Waals surface area contributed by atoms with Crippen molar-refractivity contribution in [2.75, 3.05) is 26.9 Å². The van der Waals surface area contributed by atoms with Gasteiger partial charge in [-0.2, -0.15) is 0 Å². The van der Waals surface area contributed by atoms with E-state index in [1.165, 1.54) is 12.0 Å². The Kier molecular flexibility index (Phi) is 4.72. The number of hydrogen-bond acceptors (Lipinski definition) is 4. The van der Waals surface area contributed by atoms with Gasteiger partial charge in [0.15, 0.2) is 0 Å². The normalized spacial score (nSPS) is 13.8. The summed E-state index contributed by atoms with van der Waals surface area (Å²) in [4.78, 5) is 13.6. The van der Waals surface area contributed by atoms with Crippen LogP contribution in [0.2, 0.25) is 0 Å². The van der Waals surface area contributed by atoms with Crippen LogP contribution in [0.15, 0.2) is 23.1 Å². The molecule has 2 unspecified atom stereocenters. The number of amides is 1. The largest absolute Gasteiger partial charge is 0.497 e. The molecule has 0 aliphatic heterocycles. The second-order valence-corrected chi connectivity index (χ2v) is 5.82. The van der Waals surface area contributed by atoms with Gasteiger partial charge in [0.05, 0.1) is 22.8 Å². The first-order valence-corrected chi connectivity index (χ1v) is 6.65. The van der Waals surface area contributed by atoms with E-state index in [0.29, 0.717) is 16.3 Å². The fraction of sp³-hybridized carbons (Fsp3) is 0.417. The number of carbonyl (C=O) groups is 1. The fourth-order valence-corrected chi connectivity index (χ4v) is 2.77. The quantitative estimate of drug-likeness (QED) is 0.824. The minimum Gasteiger partial charge on any atom is -0.497 e. The molecule has 0 radical (unpaired) electrons. The lowest BCUT2D eigenvalue weighted by atomic mass is 10.3. The van der Waals surface area contributed by atoms with Crippen molar-refractivity contribution < 1.29 is 13.7 Å². The number of rotatable bonds is 4. The van der Waals surface area contributed by atoms with Gasteiger partial charge < -0.3 is 15.4 Å². The SMILES string of the molecule is COc1ccc(N)c(S(=O)C(C)C(=O)N(C)C)c1. The van der Waals surface area contributed by atoms with Crippen LogP contribution in [0, 0.1) is 0 Å². The number of nitrogen functional groups attached to an aromatic ring is 1. The lowest BCUT2D eigenvalue weighted by Crippen LogP contribution is -2.34. The van der Waals surface area contributed by atoms with E-state index in [0.717, 1.165) is 0 Å². The van der Waals surface area contributed by atoms with Crippen LogP contribution in [-0.4, -0.2) is 41.5 Å². The first-order valence-electron chi connectivity index (χ1n) is 5.43. The van der Waals surface area contributed by atoms with E-state index in [4.69, 9.17) is 10.5 Å². The third-order valence-electron chi connectivity index (χ3n) is 2.55. The molecule has 2 atom stereocenters. The zero-order chi connectivity index (χ0) is 13.9. The summed E-state index contributed by atoms with van der Waals surface area (Å²) < 4.78 is 17.4. The van der Waals surface area contributed by atoms with Crippen molar-refractivity contribution in [3.63, 3.8) is 0 Å². The van der Waals surface area contributed by atoms with Gasteiger partial charge in [-0.05, 0) is 25.1 Å². The molecule has 1 aromatic carbocycles. The Morgan fingerprint density at radius 3 is 2.56 bits per heavy atom. The maximum Gasteiger partial charge on any atom is 0.237 e. The molecule has 0 bridgehead atoms. The highest BCUT2D eigenvalue weighted by atomic mass is 32.2. The van der Waals surface area contributed by atoms with Crippen molar-refractivity contribution in [2.24, 2.45) is 0 Å². The molecule has 1 amide bonds. The molecule has 0 spiro atoms. The number of nitrogens with zero attached hydrogens (tertiary/aromatic N) is 1. The molecule has 0 aliphatic carbocycles. The Morgan fingerprint density at radius 2 is 2.06 bits per heavy atom. The Balaban J connectivity index is 3.07. The maximum absolute atomic E-state index is 12.3. The molecule has 0 saturated heterocycles. The summed E-state index contributed by atoms with van der Waals surface area (Å²) in [7, 11) is 3.28. The minimum atomic E-state index is -1.50. The lowest BCUT2D eigenvalue weighted by molar-refractivity contribution is -0.127. The van der Waals surface area contributed by atoms with Crippen LogP contribution in [0.5, 0.6) is 5.75 Å². The highest BCUT2D eigenvalue weighted by Crippen LogP contribution is 2.24. The molecular weight excluding hydrogens is 252 g/mol. The second-order valence-electron chi connectivity index (χ2n) is 4.08. The molecule has 0 aromatic heterocycles. The number of methoxy groups -OCH3 is 1. The first-order chi connectivity index (χ1) is 8.38. The predicted molar refractivity (Wildman–Crippen MR) is 72.0 cm³/mol. The molecule has 18 heavy (non-hydrogen) atoms. The molecule has 5 nitrogen and oxygen atoms in total. The van der Waals surface area contributed by atoms with E-state index in [9.17, 15) is 9.00 Å². The minimum absolute atomic E-state index is 0.199. The molecule has 1 aromatic rings. The topological polar surface area (TPSA) is 72.6 Å². The van der Waals surface area contributed by atoms with Gasteiger partial charge in [-0.3, -0.25) is 9.00 Å². The van der Waals surface area contributed by atoms with E-state index in [1.54, 1.807) is 39.2 Å². The third kappa shape index (κ3) is 3.01. The highest BCUT2D eigenvalue weighted by Gasteiger charge is 2.24. The van der Waals surface area contributed by atoms with Gasteiger partial charge in [-0.25, -0.2) is 0 Å². The Hall–Kier alpha value is -1.56. The molecule has 0 aliphatic rings. The van der Waals surface area contributed by atoms with Gasteiger partial charge >= 0.3 is 0 Å². The standard InChI is InChI=1S/C12H18N2O3S/c1-8(12(15)14(2)3)18(16)11-7-9(17-4)5-6-10(11)13/h5-8H,13H2,1-4H3. The number of ether oxygens (including phenoxy) is 1. The summed E-state index contributed by atoms with van der Waals surface area (Å²) in [5, 5.41) is -0.644. The van der Waals surface area contributed by atoms with Crippen LogP contribution in [0.1, 0.15) is 6.92 Å². The summed E-state index contributed by atoms with van der Waals surface area (Å²) in [5.41, 5.74) is 6.18. The van der Waals surface area contributed by atoms with Crippen LogP contribution >= 0.6 is 0 Å². The molecule has 0 heterocycles. The number of anilines is 1. The average molecular weight is 270 g/mol. The first kappa shape index (κ1) is 14.5. The average Bonchev–Trinajstić information content (AvgIpc) is 2.36. The van der Waals surface area contributed by atoms with Gasteiger partial charge in [0, 0.05) is 19.8 Å². The number of hydrogen-bond donors (Lipinski definition) is 1. The third-order valence-corrected chi connectivity index (χ3v) is 4.18. The Morgan fingerprint density at radius 1 is 1.44 bits per heavy atom. The van der Waals surface area contributed by atoms with Crippen LogP contribution in [0.25, 0.3) is 0 Å². The predicted octanol–water partition coefficient (Wildman–Crippen LogP) is 0.862. The summed E-state index contributed by atoms with van der Waals surface area (Å²) in [6, 6.07) is 4.91. The summed E-state index contributed by atoms with van der Waals surface area (Å²) in [6.07, 6.45) is 0. The molecule has 6 heteroatoms. The zero-order valence-corrected chi connectivity index (χ0v) is 11.8. The van der Waals surface area contributed by atoms with Gasteiger partial charge in [-0.1, -0.05) is 0 Å². The van der Waals surface area contributed by atoms with Gasteiger partial charge in [0.2, 0.25) is 5.91 Å². The summed E-state index contributed by atoms with van der Waals surface area (Å²) >= 11 is 0. The number of carbonyl (C=O) groups excluding carboxylic acids is 1. The zero-order valence-electron chi connectivity index (χ0n) is 11.0. The van der Waals surface area contributed by atoms with Gasteiger partial charge in [0.25, 0.3) is 0 Å². The van der Waals surface area contributed by atoms with E-state index in [2.05, 4.69) is 0 Å². The van der Waals surface area contributed by atoms with E-state index in [1.807, 2.05) is 0 Å². The van der Waals surface area contributed by atoms with Crippen molar-refractivity contribution >= 4 is 22.4 Å². The van der Waals surface area contributed by atoms with Crippen LogP contribution in [0.3, 0.4) is 0 Å². The van der Waals surface area contributed by atoms with Crippen molar-refractivity contribution in [1.29, 1.82) is 0 Å². The van der Waals surface area contributed by atoms with E-state index in [-0.39, 0.29) is 5.91 Å². The van der Waals surface area contributed by atoms with E-state index < -0.39 is 16.0 Å². The molecular formula is C12H18N2O3S. The van der Waals surface area contributed by atoms with Crippen LogP contribution < -0.4 is 10.5 Å². The summed E-state index contributed by atoms with van der Waals surface area (Å²) in [6.45, 7) is 1.62. The van der Waals surface area contributed by atoms with Crippen molar-refractivity contribution in [3.8, 4) is 5.75 Å². The molecule has 100 valence electrons. The summed E-state index contributed by atoms with van der Waals surface area (Å²) in [5.74, 6) is 0.368. The molecule has 1 rings (SSSR count).